The summed E-state index contributed by atoms with van der Waals surface area (Å²) in [6, 6.07) is -0.130. The minimum atomic E-state index is -0.252. The molecule has 0 spiro atoms. The smallest absolute Gasteiger partial charge is 0.327 e. The maximum atomic E-state index is 11.4. The Morgan fingerprint density at radius 3 is 3.07 bits per heavy atom. The summed E-state index contributed by atoms with van der Waals surface area (Å²) in [6.07, 6.45) is 4.05. The Hall–Kier alpha value is -0.680. The molecule has 0 aromatic carbocycles. The van der Waals surface area contributed by atoms with Gasteiger partial charge < -0.3 is 10.4 Å². The van der Waals surface area contributed by atoms with Crippen LogP contribution in [0.5, 0.6) is 0 Å². The summed E-state index contributed by atoms with van der Waals surface area (Å²) < 4.78 is 1.18. The highest BCUT2D eigenvalue weighted by molar-refractivity contribution is 7.78. The number of carbonyl (C=O) groups is 1. The van der Waals surface area contributed by atoms with Gasteiger partial charge in [-0.25, -0.2) is 4.79 Å². The van der Waals surface area contributed by atoms with Crippen LogP contribution in [0.25, 0.3) is 0 Å². The second kappa shape index (κ2) is 5.26. The quantitative estimate of drug-likeness (QED) is 0.486. The number of hydrogen-bond acceptors (Lipinski definition) is 3. The Kier molecular flexibility index (Phi) is 4.28. The number of hydrogen-bond donors (Lipinski definition) is 3. The molecule has 0 aliphatic heterocycles. The number of carbonyl (C=O) groups excluding carboxylic acids is 1. The lowest BCUT2D eigenvalue weighted by molar-refractivity contribution is 0.211. The van der Waals surface area contributed by atoms with Crippen LogP contribution < -0.4 is 5.32 Å². The van der Waals surface area contributed by atoms with Crippen molar-refractivity contribution < 1.29 is 9.90 Å². The number of thiol groups is 1. The molecule has 14 heavy (non-hydrogen) atoms. The number of nitrogens with zero attached hydrogens (tertiary/aromatic N) is 1. The molecule has 1 aliphatic carbocycles. The first-order chi connectivity index (χ1) is 6.63. The molecule has 1 atom stereocenters. The van der Waals surface area contributed by atoms with Gasteiger partial charge in [-0.2, -0.15) is 0 Å². The van der Waals surface area contributed by atoms with Gasteiger partial charge in [0.25, 0.3) is 0 Å². The first-order valence-electron chi connectivity index (χ1n) is 4.68. The molecule has 1 unspecified atom stereocenters. The van der Waals surface area contributed by atoms with E-state index >= 15 is 0 Å². The summed E-state index contributed by atoms with van der Waals surface area (Å²) in [6.45, 7) is 2.22. The van der Waals surface area contributed by atoms with E-state index in [0.29, 0.717) is 0 Å². The monoisotopic (exact) mass is 216 g/mol. The van der Waals surface area contributed by atoms with Gasteiger partial charge in [0.1, 0.15) is 0 Å². The highest BCUT2D eigenvalue weighted by Gasteiger charge is 2.17. The van der Waals surface area contributed by atoms with Crippen LogP contribution in [0.15, 0.2) is 11.6 Å². The number of nitrogens with one attached hydrogen (secondary N) is 1. The van der Waals surface area contributed by atoms with Crippen molar-refractivity contribution in [3.05, 3.63) is 11.6 Å². The Balaban J connectivity index is 2.33. The zero-order chi connectivity index (χ0) is 10.6. The van der Waals surface area contributed by atoms with E-state index in [4.69, 9.17) is 5.11 Å². The zero-order valence-corrected chi connectivity index (χ0v) is 9.13. The molecule has 0 fully saturated rings. The van der Waals surface area contributed by atoms with Gasteiger partial charge in [0.05, 0.1) is 13.2 Å². The number of aliphatic hydroxyl groups excluding tert-OH is 1. The van der Waals surface area contributed by atoms with Gasteiger partial charge in [0.15, 0.2) is 0 Å². The minimum Gasteiger partial charge on any atom is -0.394 e. The van der Waals surface area contributed by atoms with Gasteiger partial charge in [0.2, 0.25) is 0 Å². The number of aliphatic hydroxyl groups is 1. The Bertz CT molecular complexity index is 243. The molecule has 0 saturated heterocycles. The molecule has 2 N–H and O–H groups in total. The summed E-state index contributed by atoms with van der Waals surface area (Å²) in [4.78, 5) is 11.4. The standard InChI is InChI=1S/C9H16N2O2S/c1-7-2-3-8(6-7)10-9(13)11(14)4-5-12/h6,8,12,14H,2-5H2,1H3,(H,10,13). The highest BCUT2D eigenvalue weighted by atomic mass is 32.1. The van der Waals surface area contributed by atoms with Gasteiger partial charge >= 0.3 is 6.03 Å². The van der Waals surface area contributed by atoms with Crippen LogP contribution in [0.3, 0.4) is 0 Å². The van der Waals surface area contributed by atoms with E-state index in [1.54, 1.807) is 0 Å². The van der Waals surface area contributed by atoms with Crippen LogP contribution in [-0.2, 0) is 0 Å². The number of allylic oxidation sites excluding steroid dienone is 1. The number of rotatable bonds is 3. The summed E-state index contributed by atoms with van der Waals surface area (Å²) in [7, 11) is 0. The molecule has 80 valence electrons. The lowest BCUT2D eigenvalue weighted by Gasteiger charge is -2.17. The van der Waals surface area contributed by atoms with E-state index in [0.717, 1.165) is 12.8 Å². The van der Waals surface area contributed by atoms with Crippen molar-refractivity contribution in [1.82, 2.24) is 9.62 Å². The average Bonchev–Trinajstić information content (AvgIpc) is 2.51. The van der Waals surface area contributed by atoms with Gasteiger partial charge in [-0.15, -0.1) is 0 Å². The first-order valence-corrected chi connectivity index (χ1v) is 5.08. The fourth-order valence-corrected chi connectivity index (χ4v) is 1.58. The predicted molar refractivity (Wildman–Crippen MR) is 58.1 cm³/mol. The third kappa shape index (κ3) is 3.23. The number of amides is 2. The summed E-state index contributed by atoms with van der Waals surface area (Å²) in [5, 5.41) is 11.4. The minimum absolute atomic E-state index is 0.0730. The zero-order valence-electron chi connectivity index (χ0n) is 8.23. The molecule has 0 heterocycles. The van der Waals surface area contributed by atoms with Crippen LogP contribution in [0.2, 0.25) is 0 Å². The van der Waals surface area contributed by atoms with Crippen molar-refractivity contribution in [3.63, 3.8) is 0 Å². The molecule has 0 aromatic rings. The van der Waals surface area contributed by atoms with Gasteiger partial charge in [-0.1, -0.05) is 24.5 Å². The van der Waals surface area contributed by atoms with E-state index in [-0.39, 0.29) is 25.2 Å². The third-order valence-corrected chi connectivity index (χ3v) is 2.57. The average molecular weight is 216 g/mol. The van der Waals surface area contributed by atoms with Gasteiger partial charge in [0, 0.05) is 6.04 Å². The van der Waals surface area contributed by atoms with E-state index in [1.165, 1.54) is 9.88 Å². The van der Waals surface area contributed by atoms with Crippen LogP contribution in [0.1, 0.15) is 19.8 Å². The van der Waals surface area contributed by atoms with Crippen molar-refractivity contribution >= 4 is 18.8 Å². The van der Waals surface area contributed by atoms with E-state index < -0.39 is 0 Å². The fourth-order valence-electron chi connectivity index (χ4n) is 1.44. The molecule has 4 nitrogen and oxygen atoms in total. The van der Waals surface area contributed by atoms with Gasteiger partial charge in [-0.05, 0) is 19.8 Å². The van der Waals surface area contributed by atoms with E-state index in [9.17, 15) is 4.79 Å². The molecule has 5 heteroatoms. The van der Waals surface area contributed by atoms with Crippen LogP contribution >= 0.6 is 12.8 Å². The second-order valence-corrected chi connectivity index (χ2v) is 3.94. The van der Waals surface area contributed by atoms with Crippen molar-refractivity contribution in [1.29, 1.82) is 0 Å². The molecule has 0 radical (unpaired) electrons. The van der Waals surface area contributed by atoms with Crippen molar-refractivity contribution in [2.75, 3.05) is 13.2 Å². The van der Waals surface area contributed by atoms with Crippen LogP contribution in [0.4, 0.5) is 4.79 Å². The van der Waals surface area contributed by atoms with E-state index in [2.05, 4.69) is 31.1 Å². The Morgan fingerprint density at radius 1 is 1.86 bits per heavy atom. The van der Waals surface area contributed by atoms with E-state index in [1.807, 2.05) is 0 Å². The predicted octanol–water partition coefficient (Wildman–Crippen LogP) is 0.944. The molecular formula is C9H16N2O2S. The third-order valence-electron chi connectivity index (χ3n) is 2.19. The molecule has 2 amide bonds. The van der Waals surface area contributed by atoms with Crippen molar-refractivity contribution in [2.45, 2.75) is 25.8 Å². The normalized spacial score (nSPS) is 20.5. The summed E-state index contributed by atoms with van der Waals surface area (Å²) in [5.41, 5.74) is 1.31. The molecular weight excluding hydrogens is 200 g/mol. The van der Waals surface area contributed by atoms with Crippen LogP contribution in [0, 0.1) is 0 Å². The maximum absolute atomic E-state index is 11.4. The molecule has 0 bridgehead atoms. The van der Waals surface area contributed by atoms with Crippen molar-refractivity contribution in [3.8, 4) is 0 Å². The summed E-state index contributed by atoms with van der Waals surface area (Å²) >= 11 is 3.94. The Labute approximate surface area is 89.5 Å². The maximum Gasteiger partial charge on any atom is 0.327 e. The fraction of sp³-hybridized carbons (Fsp3) is 0.667. The lowest BCUT2D eigenvalue weighted by Crippen LogP contribution is -2.40. The second-order valence-electron chi connectivity index (χ2n) is 3.45. The Morgan fingerprint density at radius 2 is 2.57 bits per heavy atom. The van der Waals surface area contributed by atoms with Gasteiger partial charge in [-0.3, -0.25) is 4.31 Å². The SMILES string of the molecule is CC1=CC(NC(=O)N(S)CCO)CC1. The molecule has 1 rings (SSSR count). The highest BCUT2D eigenvalue weighted by Crippen LogP contribution is 2.17. The molecule has 0 aromatic heterocycles. The van der Waals surface area contributed by atoms with Crippen LogP contribution in [-0.4, -0.2) is 34.6 Å². The number of urea groups is 1. The van der Waals surface area contributed by atoms with Crippen molar-refractivity contribution in [2.24, 2.45) is 0 Å². The first kappa shape index (κ1) is 11.4. The topological polar surface area (TPSA) is 52.6 Å². The molecule has 0 saturated carbocycles. The summed E-state index contributed by atoms with van der Waals surface area (Å²) in [5.74, 6) is 0. The molecule has 1 aliphatic rings. The lowest BCUT2D eigenvalue weighted by atomic mass is 10.2. The largest absolute Gasteiger partial charge is 0.394 e.